The Hall–Kier alpha value is -1.88. The number of nitrogens with one attached hydrogen (secondary N) is 1. The monoisotopic (exact) mass is 290 g/mol. The van der Waals surface area contributed by atoms with Gasteiger partial charge in [-0.15, -0.1) is 11.3 Å². The second-order valence-electron chi connectivity index (χ2n) is 4.42. The summed E-state index contributed by atoms with van der Waals surface area (Å²) in [5, 5.41) is 3.78. The summed E-state index contributed by atoms with van der Waals surface area (Å²) in [6.45, 7) is 4.95. The summed E-state index contributed by atoms with van der Waals surface area (Å²) in [6, 6.07) is 9.79. The van der Waals surface area contributed by atoms with Crippen LogP contribution in [0.2, 0.25) is 0 Å². The van der Waals surface area contributed by atoms with Gasteiger partial charge in [0.05, 0.1) is 11.4 Å². The third-order valence-electron chi connectivity index (χ3n) is 3.01. The van der Waals surface area contributed by atoms with Crippen LogP contribution in [-0.2, 0) is 4.79 Å². The van der Waals surface area contributed by atoms with Crippen LogP contribution in [0, 0.1) is 0 Å². The van der Waals surface area contributed by atoms with Gasteiger partial charge in [0, 0.05) is 17.8 Å². The number of benzene rings is 1. The van der Waals surface area contributed by atoms with E-state index in [0.29, 0.717) is 18.0 Å². The van der Waals surface area contributed by atoms with E-state index < -0.39 is 0 Å². The summed E-state index contributed by atoms with van der Waals surface area (Å²) in [5.41, 5.74) is 0. The Bertz CT molecular complexity index is 588. The highest BCUT2D eigenvalue weighted by Gasteiger charge is 2.19. The van der Waals surface area contributed by atoms with Crippen molar-refractivity contribution in [2.45, 2.75) is 13.8 Å². The van der Waals surface area contributed by atoms with E-state index in [0.717, 1.165) is 10.1 Å². The summed E-state index contributed by atoms with van der Waals surface area (Å²) in [7, 11) is 0. The molecule has 5 heteroatoms. The second-order valence-corrected chi connectivity index (χ2v) is 5.51. The average molecular weight is 290 g/mol. The topological polar surface area (TPSA) is 49.4 Å². The van der Waals surface area contributed by atoms with Crippen molar-refractivity contribution in [3.63, 3.8) is 0 Å². The summed E-state index contributed by atoms with van der Waals surface area (Å²) >= 11 is 1.47. The van der Waals surface area contributed by atoms with Gasteiger partial charge >= 0.3 is 0 Å². The van der Waals surface area contributed by atoms with E-state index in [1.807, 2.05) is 44.2 Å². The molecule has 1 aromatic carbocycles. The molecule has 0 saturated heterocycles. The first-order chi connectivity index (χ1) is 9.65. The van der Waals surface area contributed by atoms with Crippen LogP contribution in [0.3, 0.4) is 0 Å². The molecule has 0 aliphatic heterocycles. The fourth-order valence-electron chi connectivity index (χ4n) is 2.00. The van der Waals surface area contributed by atoms with Crippen LogP contribution in [0.25, 0.3) is 10.1 Å². The number of likely N-dealkylation sites (N-methyl/N-ethyl adjacent to an activating group) is 2. The van der Waals surface area contributed by atoms with Gasteiger partial charge in [-0.2, -0.15) is 0 Å². The van der Waals surface area contributed by atoms with Gasteiger partial charge in [0.15, 0.2) is 0 Å². The van der Waals surface area contributed by atoms with E-state index >= 15 is 0 Å². The van der Waals surface area contributed by atoms with E-state index in [9.17, 15) is 9.59 Å². The lowest BCUT2D eigenvalue weighted by Crippen LogP contribution is -2.40. The van der Waals surface area contributed by atoms with Crippen LogP contribution in [0.4, 0.5) is 0 Å². The van der Waals surface area contributed by atoms with Gasteiger partial charge in [0.2, 0.25) is 5.91 Å². The number of rotatable bonds is 5. The van der Waals surface area contributed by atoms with Crippen LogP contribution in [0.15, 0.2) is 30.3 Å². The van der Waals surface area contributed by atoms with E-state index in [4.69, 9.17) is 0 Å². The molecule has 106 valence electrons. The minimum absolute atomic E-state index is 0.0834. The van der Waals surface area contributed by atoms with Crippen LogP contribution < -0.4 is 5.32 Å². The molecule has 20 heavy (non-hydrogen) atoms. The molecule has 2 amide bonds. The number of carbonyl (C=O) groups is 2. The van der Waals surface area contributed by atoms with Gasteiger partial charge in [0.25, 0.3) is 5.91 Å². The third kappa shape index (κ3) is 3.17. The molecule has 0 saturated carbocycles. The molecule has 1 heterocycles. The number of hydrogen-bond acceptors (Lipinski definition) is 3. The minimum Gasteiger partial charge on any atom is -0.355 e. The van der Waals surface area contributed by atoms with Crippen LogP contribution in [0.1, 0.15) is 23.5 Å². The number of nitrogens with zero attached hydrogens (tertiary/aromatic N) is 1. The zero-order valence-electron chi connectivity index (χ0n) is 11.7. The van der Waals surface area contributed by atoms with Gasteiger partial charge < -0.3 is 10.2 Å². The number of thiophene rings is 1. The van der Waals surface area contributed by atoms with Gasteiger partial charge in [-0.1, -0.05) is 18.2 Å². The normalized spacial score (nSPS) is 10.5. The van der Waals surface area contributed by atoms with Crippen molar-refractivity contribution in [2.24, 2.45) is 0 Å². The summed E-state index contributed by atoms with van der Waals surface area (Å²) < 4.78 is 1.09. The molecule has 0 fully saturated rings. The lowest BCUT2D eigenvalue weighted by molar-refractivity contribution is -0.121. The molecular weight excluding hydrogens is 272 g/mol. The van der Waals surface area contributed by atoms with E-state index in [-0.39, 0.29) is 18.4 Å². The van der Waals surface area contributed by atoms with Crippen LogP contribution in [0.5, 0.6) is 0 Å². The largest absolute Gasteiger partial charge is 0.355 e. The van der Waals surface area contributed by atoms with Gasteiger partial charge in [-0.05, 0) is 31.4 Å². The Morgan fingerprint density at radius 2 is 2.00 bits per heavy atom. The predicted molar refractivity (Wildman–Crippen MR) is 82.1 cm³/mol. The Morgan fingerprint density at radius 1 is 1.25 bits per heavy atom. The first-order valence-electron chi connectivity index (χ1n) is 6.70. The van der Waals surface area contributed by atoms with E-state index in [2.05, 4.69) is 5.32 Å². The molecule has 0 atom stereocenters. The van der Waals surface area contributed by atoms with Crippen molar-refractivity contribution in [3.8, 4) is 0 Å². The standard InChI is InChI=1S/C15H18N2O2S/c1-3-16-14(18)10-17(4-2)15(19)13-9-11-7-5-6-8-12(11)20-13/h5-9H,3-4,10H2,1-2H3,(H,16,18). The molecule has 2 rings (SSSR count). The molecule has 0 aliphatic rings. The Balaban J connectivity index is 2.17. The fraction of sp³-hybridized carbons (Fsp3) is 0.333. The SMILES string of the molecule is CCNC(=O)CN(CC)C(=O)c1cc2ccccc2s1. The lowest BCUT2D eigenvalue weighted by atomic mass is 10.2. The van der Waals surface area contributed by atoms with Crippen molar-refractivity contribution >= 4 is 33.2 Å². The van der Waals surface area contributed by atoms with Gasteiger partial charge in [0.1, 0.15) is 0 Å². The first-order valence-corrected chi connectivity index (χ1v) is 7.52. The number of carbonyl (C=O) groups excluding carboxylic acids is 2. The van der Waals surface area contributed by atoms with Crippen molar-refractivity contribution in [1.82, 2.24) is 10.2 Å². The zero-order chi connectivity index (χ0) is 14.5. The summed E-state index contributed by atoms with van der Waals surface area (Å²) in [5.74, 6) is -0.205. The van der Waals surface area contributed by atoms with Gasteiger partial charge in [-0.25, -0.2) is 0 Å². The van der Waals surface area contributed by atoms with E-state index in [1.165, 1.54) is 11.3 Å². The maximum Gasteiger partial charge on any atom is 0.264 e. The molecule has 1 N–H and O–H groups in total. The molecule has 0 radical (unpaired) electrons. The Kier molecular flexibility index (Phi) is 4.74. The smallest absolute Gasteiger partial charge is 0.264 e. The van der Waals surface area contributed by atoms with Crippen LogP contribution >= 0.6 is 11.3 Å². The molecule has 0 unspecified atom stereocenters. The Labute approximate surface area is 122 Å². The number of fused-ring (bicyclic) bond motifs is 1. The molecule has 0 spiro atoms. The van der Waals surface area contributed by atoms with Crippen molar-refractivity contribution in [1.29, 1.82) is 0 Å². The maximum atomic E-state index is 12.4. The molecular formula is C15H18N2O2S. The zero-order valence-corrected chi connectivity index (χ0v) is 12.5. The molecule has 0 bridgehead atoms. The molecule has 1 aromatic heterocycles. The quantitative estimate of drug-likeness (QED) is 0.920. The maximum absolute atomic E-state index is 12.4. The highest BCUT2D eigenvalue weighted by molar-refractivity contribution is 7.20. The highest BCUT2D eigenvalue weighted by Crippen LogP contribution is 2.26. The molecule has 2 aromatic rings. The average Bonchev–Trinajstić information content (AvgIpc) is 2.88. The molecule has 0 aliphatic carbocycles. The number of amides is 2. The van der Waals surface area contributed by atoms with Crippen molar-refractivity contribution < 1.29 is 9.59 Å². The summed E-state index contributed by atoms with van der Waals surface area (Å²) in [4.78, 5) is 26.3. The first kappa shape index (κ1) is 14.5. The van der Waals surface area contributed by atoms with E-state index in [1.54, 1.807) is 4.90 Å². The molecule has 4 nitrogen and oxygen atoms in total. The predicted octanol–water partition coefficient (Wildman–Crippen LogP) is 2.50. The lowest BCUT2D eigenvalue weighted by Gasteiger charge is -2.19. The Morgan fingerprint density at radius 3 is 2.65 bits per heavy atom. The van der Waals surface area contributed by atoms with Crippen molar-refractivity contribution in [3.05, 3.63) is 35.2 Å². The third-order valence-corrected chi connectivity index (χ3v) is 4.12. The second kappa shape index (κ2) is 6.52. The van der Waals surface area contributed by atoms with Gasteiger partial charge in [-0.3, -0.25) is 9.59 Å². The summed E-state index contributed by atoms with van der Waals surface area (Å²) in [6.07, 6.45) is 0. The van der Waals surface area contributed by atoms with Crippen molar-refractivity contribution in [2.75, 3.05) is 19.6 Å². The van der Waals surface area contributed by atoms with Crippen LogP contribution in [-0.4, -0.2) is 36.3 Å². The fourth-order valence-corrected chi connectivity index (χ4v) is 3.03. The highest BCUT2D eigenvalue weighted by atomic mass is 32.1. The number of hydrogen-bond donors (Lipinski definition) is 1. The minimum atomic E-state index is -0.121.